The number of phenolic OH excluding ortho intramolecular Hbond substituents is 2. The zero-order valence-electron chi connectivity index (χ0n) is 18.9. The standard InChI is InChI=1S/C24H20F2N6O3/c1-11-6-14(26)7-12(2)20(11)29-22-21(28-19-5-4-13(25)10-32(19)22)15-8-17(33)18(34)9-16(15)23-30-31-24(27-3)35-23/h4-10,29,33-34H,1-3H3,(H,27,31). The Labute approximate surface area is 197 Å². The normalized spacial score (nSPS) is 11.2. The number of fused-ring (bicyclic) bond motifs is 1. The first kappa shape index (κ1) is 22.1. The molecule has 0 saturated heterocycles. The number of rotatable bonds is 5. The smallest absolute Gasteiger partial charge is 0.315 e. The van der Waals surface area contributed by atoms with Gasteiger partial charge in [0.25, 0.3) is 5.89 Å². The van der Waals surface area contributed by atoms with Crippen LogP contribution in [-0.4, -0.2) is 36.8 Å². The van der Waals surface area contributed by atoms with Crippen LogP contribution in [0.1, 0.15) is 11.1 Å². The van der Waals surface area contributed by atoms with Gasteiger partial charge in [0, 0.05) is 24.5 Å². The number of aromatic nitrogens is 4. The Morgan fingerprint density at radius 2 is 1.60 bits per heavy atom. The number of aromatic hydroxyl groups is 2. The lowest BCUT2D eigenvalue weighted by Gasteiger charge is -2.15. The molecule has 178 valence electrons. The van der Waals surface area contributed by atoms with E-state index < -0.39 is 17.3 Å². The van der Waals surface area contributed by atoms with Gasteiger partial charge in [0.05, 0.1) is 5.56 Å². The lowest BCUT2D eigenvalue weighted by Crippen LogP contribution is -2.02. The number of pyridine rings is 1. The SMILES string of the molecule is CNc1nnc(-c2cc(O)c(O)cc2-c2nc3ccc(F)cn3c2Nc2c(C)cc(F)cc2C)o1. The molecule has 5 aromatic rings. The van der Waals surface area contributed by atoms with Gasteiger partial charge in [-0.2, -0.15) is 0 Å². The second-order valence-electron chi connectivity index (χ2n) is 7.97. The Morgan fingerprint density at radius 1 is 0.914 bits per heavy atom. The van der Waals surface area contributed by atoms with Crippen molar-refractivity contribution in [3.63, 3.8) is 0 Å². The molecule has 0 unspecified atom stereocenters. The molecule has 2 aromatic carbocycles. The highest BCUT2D eigenvalue weighted by Crippen LogP contribution is 2.43. The molecule has 0 fully saturated rings. The van der Waals surface area contributed by atoms with Crippen LogP contribution in [0.15, 0.2) is 47.0 Å². The molecule has 5 rings (SSSR count). The monoisotopic (exact) mass is 478 g/mol. The van der Waals surface area contributed by atoms with Crippen LogP contribution < -0.4 is 10.6 Å². The summed E-state index contributed by atoms with van der Waals surface area (Å²) in [7, 11) is 1.61. The Bertz CT molecular complexity index is 1570. The minimum atomic E-state index is -0.499. The largest absolute Gasteiger partial charge is 0.504 e. The number of imidazole rings is 1. The van der Waals surface area contributed by atoms with Crippen molar-refractivity contribution in [2.45, 2.75) is 13.8 Å². The van der Waals surface area contributed by atoms with Crippen molar-refractivity contribution in [3.8, 4) is 34.2 Å². The molecule has 0 amide bonds. The molecule has 0 bridgehead atoms. The summed E-state index contributed by atoms with van der Waals surface area (Å²) in [5, 5.41) is 34.4. The lowest BCUT2D eigenvalue weighted by atomic mass is 10.0. The van der Waals surface area contributed by atoms with Crippen LogP contribution in [0.4, 0.5) is 26.3 Å². The molecule has 3 aromatic heterocycles. The summed E-state index contributed by atoms with van der Waals surface area (Å²) in [4.78, 5) is 4.64. The summed E-state index contributed by atoms with van der Waals surface area (Å²) in [5.41, 5.74) is 3.19. The second-order valence-corrected chi connectivity index (χ2v) is 7.97. The van der Waals surface area contributed by atoms with Crippen LogP contribution in [0.3, 0.4) is 0 Å². The molecule has 11 heteroatoms. The molecule has 3 heterocycles. The van der Waals surface area contributed by atoms with Crippen molar-refractivity contribution in [1.29, 1.82) is 0 Å². The number of halogens is 2. The quantitative estimate of drug-likeness (QED) is 0.256. The van der Waals surface area contributed by atoms with Crippen LogP contribution in [-0.2, 0) is 0 Å². The van der Waals surface area contributed by atoms with Gasteiger partial charge in [-0.25, -0.2) is 13.8 Å². The fourth-order valence-corrected chi connectivity index (χ4v) is 3.94. The van der Waals surface area contributed by atoms with Gasteiger partial charge in [0.2, 0.25) is 0 Å². The Morgan fingerprint density at radius 3 is 2.26 bits per heavy atom. The van der Waals surface area contributed by atoms with Gasteiger partial charge < -0.3 is 25.3 Å². The summed E-state index contributed by atoms with van der Waals surface area (Å²) in [6.45, 7) is 3.49. The molecule has 0 saturated carbocycles. The predicted octanol–water partition coefficient (Wildman–Crippen LogP) is 5.14. The Balaban J connectivity index is 1.79. The fraction of sp³-hybridized carbons (Fsp3) is 0.125. The highest BCUT2D eigenvalue weighted by Gasteiger charge is 2.24. The van der Waals surface area contributed by atoms with Gasteiger partial charge in [-0.15, -0.1) is 5.10 Å². The fourth-order valence-electron chi connectivity index (χ4n) is 3.94. The highest BCUT2D eigenvalue weighted by atomic mass is 19.1. The predicted molar refractivity (Wildman–Crippen MR) is 126 cm³/mol. The van der Waals surface area contributed by atoms with E-state index in [1.54, 1.807) is 20.9 Å². The van der Waals surface area contributed by atoms with E-state index in [4.69, 9.17) is 4.42 Å². The van der Waals surface area contributed by atoms with Crippen molar-refractivity contribution >= 4 is 23.2 Å². The average Bonchev–Trinajstić information content (AvgIpc) is 3.42. The van der Waals surface area contributed by atoms with Crippen molar-refractivity contribution in [1.82, 2.24) is 19.6 Å². The Kier molecular flexibility index (Phi) is 5.24. The first-order chi connectivity index (χ1) is 16.7. The van der Waals surface area contributed by atoms with E-state index in [-0.39, 0.29) is 23.3 Å². The molecule has 35 heavy (non-hydrogen) atoms. The maximum atomic E-state index is 14.2. The van der Waals surface area contributed by atoms with Crippen molar-refractivity contribution in [2.24, 2.45) is 0 Å². The number of anilines is 3. The molecular formula is C24H20F2N6O3. The second kappa shape index (κ2) is 8.28. The first-order valence-corrected chi connectivity index (χ1v) is 10.5. The molecule has 4 N–H and O–H groups in total. The molecule has 0 radical (unpaired) electrons. The van der Waals surface area contributed by atoms with Crippen LogP contribution in [0, 0.1) is 25.5 Å². The third-order valence-electron chi connectivity index (χ3n) is 5.56. The van der Waals surface area contributed by atoms with Gasteiger partial charge in [-0.1, -0.05) is 5.10 Å². The van der Waals surface area contributed by atoms with Gasteiger partial charge in [-0.3, -0.25) is 4.40 Å². The molecule has 0 atom stereocenters. The minimum Gasteiger partial charge on any atom is -0.504 e. The average molecular weight is 478 g/mol. The van der Waals surface area contributed by atoms with E-state index in [0.717, 1.165) is 0 Å². The van der Waals surface area contributed by atoms with E-state index in [0.29, 0.717) is 39.5 Å². The first-order valence-electron chi connectivity index (χ1n) is 10.5. The zero-order chi connectivity index (χ0) is 24.9. The van der Waals surface area contributed by atoms with Crippen molar-refractivity contribution < 1.29 is 23.4 Å². The highest BCUT2D eigenvalue weighted by molar-refractivity contribution is 5.89. The van der Waals surface area contributed by atoms with Crippen LogP contribution in [0.2, 0.25) is 0 Å². The summed E-state index contributed by atoms with van der Waals surface area (Å²) in [6, 6.07) is 8.27. The summed E-state index contributed by atoms with van der Waals surface area (Å²) in [6.07, 6.45) is 1.26. The zero-order valence-corrected chi connectivity index (χ0v) is 18.9. The molecular weight excluding hydrogens is 458 g/mol. The maximum Gasteiger partial charge on any atom is 0.315 e. The van der Waals surface area contributed by atoms with Gasteiger partial charge in [0.15, 0.2) is 11.5 Å². The van der Waals surface area contributed by atoms with E-state index in [2.05, 4.69) is 25.8 Å². The Hall–Kier alpha value is -4.67. The topological polar surface area (TPSA) is 121 Å². The van der Waals surface area contributed by atoms with E-state index in [1.807, 2.05) is 0 Å². The molecule has 0 aliphatic carbocycles. The molecule has 0 aliphatic rings. The molecule has 9 nitrogen and oxygen atoms in total. The van der Waals surface area contributed by atoms with Gasteiger partial charge >= 0.3 is 6.01 Å². The summed E-state index contributed by atoms with van der Waals surface area (Å²) in [5.74, 6) is -1.28. The van der Waals surface area contributed by atoms with E-state index in [9.17, 15) is 19.0 Å². The van der Waals surface area contributed by atoms with Crippen molar-refractivity contribution in [2.75, 3.05) is 17.7 Å². The molecule has 0 spiro atoms. The third-order valence-corrected chi connectivity index (χ3v) is 5.56. The summed E-state index contributed by atoms with van der Waals surface area (Å²) < 4.78 is 35.3. The third kappa shape index (κ3) is 3.86. The van der Waals surface area contributed by atoms with Crippen LogP contribution >= 0.6 is 0 Å². The number of benzene rings is 2. The number of hydrogen-bond donors (Lipinski definition) is 4. The maximum absolute atomic E-state index is 14.2. The number of aryl methyl sites for hydroxylation is 2. The lowest BCUT2D eigenvalue weighted by molar-refractivity contribution is 0.404. The number of phenols is 2. The van der Waals surface area contributed by atoms with Gasteiger partial charge in [-0.05, 0) is 61.4 Å². The minimum absolute atomic E-state index is 0.0583. The molecule has 0 aliphatic heterocycles. The van der Waals surface area contributed by atoms with Crippen molar-refractivity contribution in [3.05, 3.63) is 65.4 Å². The summed E-state index contributed by atoms with van der Waals surface area (Å²) >= 11 is 0. The van der Waals surface area contributed by atoms with Crippen LogP contribution in [0.5, 0.6) is 11.5 Å². The number of nitrogens with one attached hydrogen (secondary N) is 2. The van der Waals surface area contributed by atoms with Gasteiger partial charge in [0.1, 0.15) is 28.8 Å². The number of nitrogens with zero attached hydrogens (tertiary/aromatic N) is 4. The van der Waals surface area contributed by atoms with E-state index in [1.165, 1.54) is 47.0 Å². The van der Waals surface area contributed by atoms with E-state index >= 15 is 0 Å². The number of hydrogen-bond acceptors (Lipinski definition) is 8. The van der Waals surface area contributed by atoms with Crippen LogP contribution in [0.25, 0.3) is 28.4 Å².